The molecule has 5 heteroatoms. The molecule has 0 spiro atoms. The largest absolute Gasteiger partial charge is 0.481 e. The molecule has 0 aliphatic carbocycles. The first kappa shape index (κ1) is 13.4. The Labute approximate surface area is 123 Å². The van der Waals surface area contributed by atoms with Gasteiger partial charge in [-0.25, -0.2) is 4.98 Å². The number of hydrogen-bond donors (Lipinski definition) is 1. The molecule has 1 aromatic carbocycles. The standard InChI is InChI=1S/C13H12Br2N2O/c1-18-13-4-2-3-10(17-13)8-16-12-6-5-9(14)7-11(12)15/h2-7,16H,8H2,1H3. The molecule has 2 rings (SSSR count). The van der Waals surface area contributed by atoms with Crippen molar-refractivity contribution in [3.63, 3.8) is 0 Å². The second-order valence-electron chi connectivity index (χ2n) is 3.65. The summed E-state index contributed by atoms with van der Waals surface area (Å²) < 4.78 is 7.15. The van der Waals surface area contributed by atoms with Crippen LogP contribution in [0.2, 0.25) is 0 Å². The summed E-state index contributed by atoms with van der Waals surface area (Å²) in [5.74, 6) is 0.629. The number of halogens is 2. The maximum atomic E-state index is 5.09. The highest BCUT2D eigenvalue weighted by molar-refractivity contribution is 9.11. The van der Waals surface area contributed by atoms with Crippen molar-refractivity contribution in [1.29, 1.82) is 0 Å². The number of ether oxygens (including phenoxy) is 1. The van der Waals surface area contributed by atoms with E-state index in [1.54, 1.807) is 7.11 Å². The minimum absolute atomic E-state index is 0.629. The summed E-state index contributed by atoms with van der Waals surface area (Å²) in [6.07, 6.45) is 0. The maximum absolute atomic E-state index is 5.09. The number of rotatable bonds is 4. The van der Waals surface area contributed by atoms with E-state index in [-0.39, 0.29) is 0 Å². The number of methoxy groups -OCH3 is 1. The van der Waals surface area contributed by atoms with Gasteiger partial charge in [0.15, 0.2) is 0 Å². The predicted octanol–water partition coefficient (Wildman–Crippen LogP) is 4.23. The zero-order chi connectivity index (χ0) is 13.0. The van der Waals surface area contributed by atoms with Crippen LogP contribution in [0.3, 0.4) is 0 Å². The van der Waals surface area contributed by atoms with Gasteiger partial charge in [0.1, 0.15) is 0 Å². The van der Waals surface area contributed by atoms with Gasteiger partial charge in [0.05, 0.1) is 19.3 Å². The van der Waals surface area contributed by atoms with Crippen molar-refractivity contribution in [2.45, 2.75) is 6.54 Å². The second kappa shape index (κ2) is 6.20. The molecule has 0 saturated carbocycles. The zero-order valence-corrected chi connectivity index (χ0v) is 13.0. The minimum atomic E-state index is 0.629. The van der Waals surface area contributed by atoms with Crippen LogP contribution in [0.15, 0.2) is 45.3 Å². The van der Waals surface area contributed by atoms with E-state index in [2.05, 4.69) is 42.2 Å². The highest BCUT2D eigenvalue weighted by Gasteiger charge is 2.02. The Hall–Kier alpha value is -1.07. The fraction of sp³-hybridized carbons (Fsp3) is 0.154. The first-order valence-corrected chi connectivity index (χ1v) is 6.96. The summed E-state index contributed by atoms with van der Waals surface area (Å²) in [5.41, 5.74) is 1.96. The number of nitrogens with one attached hydrogen (secondary N) is 1. The third-order valence-electron chi connectivity index (χ3n) is 2.38. The normalized spacial score (nSPS) is 10.2. The van der Waals surface area contributed by atoms with Gasteiger partial charge >= 0.3 is 0 Å². The molecule has 3 nitrogen and oxygen atoms in total. The van der Waals surface area contributed by atoms with E-state index in [4.69, 9.17) is 4.74 Å². The number of nitrogens with zero attached hydrogens (tertiary/aromatic N) is 1. The van der Waals surface area contributed by atoms with Gasteiger partial charge in [-0.15, -0.1) is 0 Å². The van der Waals surface area contributed by atoms with E-state index >= 15 is 0 Å². The molecule has 1 aromatic heterocycles. The second-order valence-corrected chi connectivity index (χ2v) is 5.42. The van der Waals surface area contributed by atoms with Gasteiger partial charge in [0, 0.05) is 20.7 Å². The summed E-state index contributed by atoms with van der Waals surface area (Å²) in [6.45, 7) is 0.650. The van der Waals surface area contributed by atoms with Gasteiger partial charge < -0.3 is 10.1 Å². The van der Waals surface area contributed by atoms with Crippen LogP contribution in [0, 0.1) is 0 Å². The molecule has 0 unspecified atom stereocenters. The van der Waals surface area contributed by atoms with Crippen LogP contribution in [-0.2, 0) is 6.54 Å². The van der Waals surface area contributed by atoms with Gasteiger partial charge in [-0.3, -0.25) is 0 Å². The third kappa shape index (κ3) is 3.46. The van der Waals surface area contributed by atoms with Gasteiger partial charge in [-0.05, 0) is 40.2 Å². The molecule has 1 heterocycles. The molecule has 0 aliphatic heterocycles. The molecule has 0 radical (unpaired) electrons. The molecule has 0 aliphatic rings. The van der Waals surface area contributed by atoms with Crippen molar-refractivity contribution in [3.8, 4) is 5.88 Å². The molecular formula is C13H12Br2N2O. The SMILES string of the molecule is COc1cccc(CNc2ccc(Br)cc2Br)n1. The van der Waals surface area contributed by atoms with E-state index in [1.807, 2.05) is 36.4 Å². The van der Waals surface area contributed by atoms with Crippen molar-refractivity contribution >= 4 is 37.5 Å². The van der Waals surface area contributed by atoms with E-state index in [9.17, 15) is 0 Å². The molecule has 0 atom stereocenters. The highest BCUT2D eigenvalue weighted by Crippen LogP contribution is 2.26. The summed E-state index contributed by atoms with van der Waals surface area (Å²) in [7, 11) is 1.62. The topological polar surface area (TPSA) is 34.1 Å². The van der Waals surface area contributed by atoms with Crippen molar-refractivity contribution in [1.82, 2.24) is 4.98 Å². The van der Waals surface area contributed by atoms with Crippen LogP contribution in [0.5, 0.6) is 5.88 Å². The number of anilines is 1. The number of benzene rings is 1. The summed E-state index contributed by atoms with van der Waals surface area (Å²) >= 11 is 6.94. The van der Waals surface area contributed by atoms with E-state index < -0.39 is 0 Å². The van der Waals surface area contributed by atoms with Crippen LogP contribution in [0.25, 0.3) is 0 Å². The molecular weight excluding hydrogens is 360 g/mol. The first-order chi connectivity index (χ1) is 8.69. The monoisotopic (exact) mass is 370 g/mol. The van der Waals surface area contributed by atoms with Crippen molar-refractivity contribution < 1.29 is 4.74 Å². The van der Waals surface area contributed by atoms with Crippen molar-refractivity contribution in [2.75, 3.05) is 12.4 Å². The molecule has 2 aromatic rings. The van der Waals surface area contributed by atoms with Crippen LogP contribution >= 0.6 is 31.9 Å². The smallest absolute Gasteiger partial charge is 0.213 e. The number of pyridine rings is 1. The van der Waals surface area contributed by atoms with Gasteiger partial charge in [-0.2, -0.15) is 0 Å². The summed E-state index contributed by atoms with van der Waals surface area (Å²) in [6, 6.07) is 11.7. The lowest BCUT2D eigenvalue weighted by Gasteiger charge is -2.09. The Morgan fingerprint density at radius 3 is 2.78 bits per heavy atom. The van der Waals surface area contributed by atoms with E-state index in [0.29, 0.717) is 12.4 Å². The third-order valence-corrected chi connectivity index (χ3v) is 3.53. The van der Waals surface area contributed by atoms with Crippen LogP contribution in [0.1, 0.15) is 5.69 Å². The van der Waals surface area contributed by atoms with Crippen LogP contribution < -0.4 is 10.1 Å². The molecule has 0 amide bonds. The van der Waals surface area contributed by atoms with Gasteiger partial charge in [0.25, 0.3) is 0 Å². The quantitative estimate of drug-likeness (QED) is 0.873. The average molecular weight is 372 g/mol. The molecule has 94 valence electrons. The maximum Gasteiger partial charge on any atom is 0.213 e. The molecule has 0 fully saturated rings. The highest BCUT2D eigenvalue weighted by atomic mass is 79.9. The fourth-order valence-corrected chi connectivity index (χ4v) is 2.68. The fourth-order valence-electron chi connectivity index (χ4n) is 1.49. The average Bonchev–Trinajstić information content (AvgIpc) is 2.38. The summed E-state index contributed by atoms with van der Waals surface area (Å²) in [4.78, 5) is 4.34. The molecule has 0 bridgehead atoms. The lowest BCUT2D eigenvalue weighted by Crippen LogP contribution is -2.02. The lowest BCUT2D eigenvalue weighted by molar-refractivity contribution is 0.396. The number of hydrogen-bond acceptors (Lipinski definition) is 3. The van der Waals surface area contributed by atoms with Crippen LogP contribution in [-0.4, -0.2) is 12.1 Å². The lowest BCUT2D eigenvalue weighted by atomic mass is 10.3. The molecule has 0 saturated heterocycles. The van der Waals surface area contributed by atoms with E-state index in [1.165, 1.54) is 0 Å². The molecule has 1 N–H and O–H groups in total. The Bertz CT molecular complexity index is 546. The van der Waals surface area contributed by atoms with E-state index in [0.717, 1.165) is 20.3 Å². The minimum Gasteiger partial charge on any atom is -0.481 e. The Morgan fingerprint density at radius 2 is 2.06 bits per heavy atom. The van der Waals surface area contributed by atoms with Crippen molar-refractivity contribution in [3.05, 3.63) is 51.0 Å². The first-order valence-electron chi connectivity index (χ1n) is 5.38. The van der Waals surface area contributed by atoms with Gasteiger partial charge in [0.2, 0.25) is 5.88 Å². The Balaban J connectivity index is 2.06. The van der Waals surface area contributed by atoms with Crippen molar-refractivity contribution in [2.24, 2.45) is 0 Å². The predicted molar refractivity (Wildman–Crippen MR) is 80.0 cm³/mol. The summed E-state index contributed by atoms with van der Waals surface area (Å²) in [5, 5.41) is 3.32. The Kier molecular flexibility index (Phi) is 4.60. The van der Waals surface area contributed by atoms with Crippen LogP contribution in [0.4, 0.5) is 5.69 Å². The zero-order valence-electron chi connectivity index (χ0n) is 9.78. The molecule has 18 heavy (non-hydrogen) atoms. The number of aromatic nitrogens is 1. The van der Waals surface area contributed by atoms with Gasteiger partial charge in [-0.1, -0.05) is 22.0 Å². The Morgan fingerprint density at radius 1 is 1.22 bits per heavy atom.